The van der Waals surface area contributed by atoms with Crippen LogP contribution in [-0.2, 0) is 10.2 Å². The van der Waals surface area contributed by atoms with Gasteiger partial charge in [0.2, 0.25) is 0 Å². The Morgan fingerprint density at radius 1 is 0.905 bits per heavy atom. The van der Waals surface area contributed by atoms with Crippen LogP contribution in [0.15, 0.2) is 60.7 Å². The molecule has 0 spiro atoms. The molecule has 0 aliphatic rings. The second kappa shape index (κ2) is 6.68. The molecule has 110 valence electrons. The van der Waals surface area contributed by atoms with Crippen LogP contribution in [0.2, 0.25) is 0 Å². The van der Waals surface area contributed by atoms with E-state index in [1.165, 1.54) is 0 Å². The van der Waals surface area contributed by atoms with E-state index in [1.54, 1.807) is 6.92 Å². The molecule has 0 radical (unpaired) electrons. The highest BCUT2D eigenvalue weighted by molar-refractivity contribution is 5.92. The zero-order chi connectivity index (χ0) is 15.3. The number of rotatable bonds is 6. The van der Waals surface area contributed by atoms with Gasteiger partial charge >= 0.3 is 0 Å². The van der Waals surface area contributed by atoms with Gasteiger partial charge in [0, 0.05) is 0 Å². The highest BCUT2D eigenvalue weighted by atomic mass is 16.1. The monoisotopic (exact) mass is 281 g/mol. The van der Waals surface area contributed by atoms with Crippen molar-refractivity contribution in [3.63, 3.8) is 0 Å². The lowest BCUT2D eigenvalue weighted by Gasteiger charge is -2.33. The standard InChI is InChI=1S/C19H23NO/c1-16(21)19(14-15-20(2)3,17-10-6-4-7-11-17)18-12-8-5-9-13-18/h4-13H,14-15H2,1-3H3. The average Bonchev–Trinajstić information content (AvgIpc) is 2.49. The summed E-state index contributed by atoms with van der Waals surface area (Å²) in [7, 11) is 4.09. The highest BCUT2D eigenvalue weighted by Gasteiger charge is 2.38. The van der Waals surface area contributed by atoms with Crippen molar-refractivity contribution in [3.05, 3.63) is 71.8 Å². The number of hydrogen-bond acceptors (Lipinski definition) is 2. The van der Waals surface area contributed by atoms with Crippen LogP contribution in [0.25, 0.3) is 0 Å². The Morgan fingerprint density at radius 3 is 1.67 bits per heavy atom. The highest BCUT2D eigenvalue weighted by Crippen LogP contribution is 2.36. The largest absolute Gasteiger partial charge is 0.309 e. The van der Waals surface area contributed by atoms with Gasteiger partial charge in [-0.15, -0.1) is 0 Å². The summed E-state index contributed by atoms with van der Waals surface area (Å²) < 4.78 is 0. The summed E-state index contributed by atoms with van der Waals surface area (Å²) in [5, 5.41) is 0. The summed E-state index contributed by atoms with van der Waals surface area (Å²) in [6.45, 7) is 2.57. The second-order valence-corrected chi connectivity index (χ2v) is 5.75. The smallest absolute Gasteiger partial charge is 0.144 e. The molecule has 0 saturated carbocycles. The molecule has 0 amide bonds. The minimum absolute atomic E-state index is 0.196. The fourth-order valence-electron chi connectivity index (χ4n) is 2.87. The van der Waals surface area contributed by atoms with E-state index in [4.69, 9.17) is 0 Å². The predicted octanol–water partition coefficient (Wildman–Crippen LogP) is 3.51. The van der Waals surface area contributed by atoms with Crippen LogP contribution < -0.4 is 0 Å². The molecule has 2 rings (SSSR count). The summed E-state index contributed by atoms with van der Waals surface area (Å²) in [5.74, 6) is 0.196. The van der Waals surface area contributed by atoms with Gasteiger partial charge in [-0.1, -0.05) is 60.7 Å². The van der Waals surface area contributed by atoms with Crippen molar-refractivity contribution in [1.82, 2.24) is 4.90 Å². The molecule has 2 aromatic carbocycles. The van der Waals surface area contributed by atoms with Crippen LogP contribution in [0.4, 0.5) is 0 Å². The Labute approximate surface area is 127 Å². The summed E-state index contributed by atoms with van der Waals surface area (Å²) in [6.07, 6.45) is 0.781. The molecule has 0 bridgehead atoms. The van der Waals surface area contributed by atoms with Gasteiger partial charge in [-0.25, -0.2) is 0 Å². The zero-order valence-electron chi connectivity index (χ0n) is 13.0. The molecule has 0 aliphatic carbocycles. The molecule has 0 unspecified atom stereocenters. The number of hydrogen-bond donors (Lipinski definition) is 0. The van der Waals surface area contributed by atoms with Gasteiger partial charge in [-0.2, -0.15) is 0 Å². The van der Waals surface area contributed by atoms with Crippen molar-refractivity contribution in [2.45, 2.75) is 18.8 Å². The first-order chi connectivity index (χ1) is 10.1. The van der Waals surface area contributed by atoms with Crippen LogP contribution in [-0.4, -0.2) is 31.3 Å². The minimum atomic E-state index is -0.563. The molecule has 0 aromatic heterocycles. The van der Waals surface area contributed by atoms with Crippen molar-refractivity contribution in [3.8, 4) is 0 Å². The summed E-state index contributed by atoms with van der Waals surface area (Å²) in [6, 6.07) is 20.2. The Bertz CT molecular complexity index is 536. The SMILES string of the molecule is CC(=O)C(CCN(C)C)(c1ccccc1)c1ccccc1. The second-order valence-electron chi connectivity index (χ2n) is 5.75. The molecule has 2 heteroatoms. The normalized spacial score (nSPS) is 11.6. The van der Waals surface area contributed by atoms with Gasteiger partial charge in [-0.3, -0.25) is 4.79 Å². The summed E-state index contributed by atoms with van der Waals surface area (Å²) >= 11 is 0. The maximum Gasteiger partial charge on any atom is 0.144 e. The van der Waals surface area contributed by atoms with Crippen LogP contribution >= 0.6 is 0 Å². The lowest BCUT2D eigenvalue weighted by Crippen LogP contribution is -2.38. The number of carbonyl (C=O) groups is 1. The fourth-order valence-corrected chi connectivity index (χ4v) is 2.87. The third-order valence-corrected chi connectivity index (χ3v) is 4.07. The molecule has 0 saturated heterocycles. The fraction of sp³-hybridized carbons (Fsp3) is 0.316. The van der Waals surface area contributed by atoms with E-state index in [2.05, 4.69) is 29.2 Å². The Balaban J connectivity index is 2.58. The molecule has 0 aliphatic heterocycles. The predicted molar refractivity (Wildman–Crippen MR) is 87.5 cm³/mol. The van der Waals surface area contributed by atoms with E-state index in [0.717, 1.165) is 24.1 Å². The third-order valence-electron chi connectivity index (χ3n) is 4.07. The number of carbonyl (C=O) groups excluding carboxylic acids is 1. The minimum Gasteiger partial charge on any atom is -0.309 e. The summed E-state index contributed by atoms with van der Waals surface area (Å²) in [4.78, 5) is 14.8. The number of ketones is 1. The van der Waals surface area contributed by atoms with Gasteiger partial charge in [0.05, 0.1) is 5.41 Å². The van der Waals surface area contributed by atoms with E-state index in [-0.39, 0.29) is 5.78 Å². The van der Waals surface area contributed by atoms with Crippen molar-refractivity contribution in [2.24, 2.45) is 0 Å². The van der Waals surface area contributed by atoms with Crippen molar-refractivity contribution in [2.75, 3.05) is 20.6 Å². The molecule has 0 heterocycles. The van der Waals surface area contributed by atoms with E-state index in [1.807, 2.05) is 50.5 Å². The van der Waals surface area contributed by atoms with Gasteiger partial charge in [0.15, 0.2) is 0 Å². The van der Waals surface area contributed by atoms with Crippen LogP contribution in [0.5, 0.6) is 0 Å². The lowest BCUT2D eigenvalue weighted by molar-refractivity contribution is -0.121. The molecule has 0 N–H and O–H groups in total. The van der Waals surface area contributed by atoms with Crippen LogP contribution in [0, 0.1) is 0 Å². The van der Waals surface area contributed by atoms with E-state index < -0.39 is 5.41 Å². The molecular formula is C19H23NO. The molecule has 0 fully saturated rings. The topological polar surface area (TPSA) is 20.3 Å². The van der Waals surface area contributed by atoms with Crippen molar-refractivity contribution < 1.29 is 4.79 Å². The average molecular weight is 281 g/mol. The number of benzene rings is 2. The first-order valence-electron chi connectivity index (χ1n) is 7.34. The first kappa shape index (κ1) is 15.5. The lowest BCUT2D eigenvalue weighted by atomic mass is 9.69. The Kier molecular flexibility index (Phi) is 4.92. The van der Waals surface area contributed by atoms with Gasteiger partial charge in [-0.05, 0) is 45.1 Å². The molecule has 0 atom stereocenters. The maximum absolute atomic E-state index is 12.7. The third kappa shape index (κ3) is 3.22. The first-order valence-corrected chi connectivity index (χ1v) is 7.34. The summed E-state index contributed by atoms with van der Waals surface area (Å²) in [5.41, 5.74) is 1.59. The van der Waals surface area contributed by atoms with Crippen molar-refractivity contribution >= 4 is 5.78 Å². The van der Waals surface area contributed by atoms with Crippen molar-refractivity contribution in [1.29, 1.82) is 0 Å². The van der Waals surface area contributed by atoms with E-state index in [9.17, 15) is 4.79 Å². The molecule has 2 nitrogen and oxygen atoms in total. The maximum atomic E-state index is 12.7. The van der Waals surface area contributed by atoms with Gasteiger partial charge < -0.3 is 4.90 Å². The van der Waals surface area contributed by atoms with E-state index >= 15 is 0 Å². The molecule has 21 heavy (non-hydrogen) atoms. The zero-order valence-corrected chi connectivity index (χ0v) is 13.0. The number of Topliss-reactive ketones (excluding diaryl/α,β-unsaturated/α-hetero) is 1. The molecular weight excluding hydrogens is 258 g/mol. The van der Waals surface area contributed by atoms with Gasteiger partial charge in [0.1, 0.15) is 5.78 Å². The quantitative estimate of drug-likeness (QED) is 0.807. The number of nitrogens with zero attached hydrogens (tertiary/aromatic N) is 1. The molecule has 2 aromatic rings. The van der Waals surface area contributed by atoms with E-state index in [0.29, 0.717) is 0 Å². The van der Waals surface area contributed by atoms with Crippen LogP contribution in [0.1, 0.15) is 24.5 Å². The Morgan fingerprint density at radius 2 is 1.33 bits per heavy atom. The van der Waals surface area contributed by atoms with Gasteiger partial charge in [0.25, 0.3) is 0 Å². The Hall–Kier alpha value is -1.93. The van der Waals surface area contributed by atoms with Crippen LogP contribution in [0.3, 0.4) is 0 Å².